The summed E-state index contributed by atoms with van der Waals surface area (Å²) in [6.45, 7) is 1.84. The van der Waals surface area contributed by atoms with E-state index >= 15 is 0 Å². The molecule has 0 aliphatic rings. The molecule has 26 heavy (non-hydrogen) atoms. The van der Waals surface area contributed by atoms with Crippen LogP contribution in [0, 0.1) is 10.1 Å². The lowest BCUT2D eigenvalue weighted by Gasteiger charge is -2.07. The molecule has 0 saturated carbocycles. The number of nitro benzene ring substituents is 1. The zero-order valence-corrected chi connectivity index (χ0v) is 14.1. The second-order valence-electron chi connectivity index (χ2n) is 5.86. The average molecular weight is 355 g/mol. The van der Waals surface area contributed by atoms with Gasteiger partial charge in [-0.15, -0.1) is 0 Å². The van der Waals surface area contributed by atoms with Crippen LogP contribution < -0.4 is 11.1 Å². The number of non-ortho nitro benzene ring substituents is 1. The maximum Gasteiger partial charge on any atom is 0.420 e. The SMILES string of the molecule is CCCc1ccc(NC(=O)Cn2c(=O)oc3cc([N+](=O)[O-])ccc32)cc1. The third kappa shape index (κ3) is 3.64. The molecule has 0 unspecified atom stereocenters. The average Bonchev–Trinajstić information content (AvgIpc) is 2.91. The Kier molecular flexibility index (Phi) is 4.83. The van der Waals surface area contributed by atoms with Crippen molar-refractivity contribution in [1.82, 2.24) is 4.57 Å². The quantitative estimate of drug-likeness (QED) is 0.540. The lowest BCUT2D eigenvalue weighted by molar-refractivity contribution is -0.384. The largest absolute Gasteiger partial charge is 0.420 e. The fraction of sp³-hybridized carbons (Fsp3) is 0.222. The Labute approximate surface area is 148 Å². The van der Waals surface area contributed by atoms with E-state index in [0.717, 1.165) is 23.5 Å². The monoisotopic (exact) mass is 355 g/mol. The van der Waals surface area contributed by atoms with Crippen LogP contribution in [0.15, 0.2) is 51.7 Å². The number of nitrogens with one attached hydrogen (secondary N) is 1. The van der Waals surface area contributed by atoms with Gasteiger partial charge in [0.05, 0.1) is 16.5 Å². The molecule has 1 aromatic heterocycles. The molecule has 0 aliphatic heterocycles. The number of amides is 1. The Morgan fingerprint density at radius 2 is 1.96 bits per heavy atom. The van der Waals surface area contributed by atoms with Gasteiger partial charge in [-0.1, -0.05) is 25.5 Å². The first-order chi connectivity index (χ1) is 12.5. The van der Waals surface area contributed by atoms with E-state index in [2.05, 4.69) is 12.2 Å². The Morgan fingerprint density at radius 1 is 1.23 bits per heavy atom. The topological polar surface area (TPSA) is 107 Å². The molecular weight excluding hydrogens is 338 g/mol. The molecule has 0 spiro atoms. The van der Waals surface area contributed by atoms with Crippen molar-refractivity contribution in [3.8, 4) is 0 Å². The molecule has 0 saturated heterocycles. The summed E-state index contributed by atoms with van der Waals surface area (Å²) in [7, 11) is 0. The van der Waals surface area contributed by atoms with Crippen LogP contribution >= 0.6 is 0 Å². The van der Waals surface area contributed by atoms with Gasteiger partial charge in [-0.2, -0.15) is 0 Å². The molecule has 8 heteroatoms. The fourth-order valence-corrected chi connectivity index (χ4v) is 2.71. The van der Waals surface area contributed by atoms with Crippen LogP contribution in [0.1, 0.15) is 18.9 Å². The maximum absolute atomic E-state index is 12.2. The summed E-state index contributed by atoms with van der Waals surface area (Å²) in [6.07, 6.45) is 2.01. The van der Waals surface area contributed by atoms with E-state index in [9.17, 15) is 19.7 Å². The van der Waals surface area contributed by atoms with Crippen LogP contribution in [0.2, 0.25) is 0 Å². The van der Waals surface area contributed by atoms with Crippen molar-refractivity contribution in [3.63, 3.8) is 0 Å². The standard InChI is InChI=1S/C18H17N3O5/c1-2-3-12-4-6-13(7-5-12)19-17(22)11-20-15-9-8-14(21(24)25)10-16(15)26-18(20)23/h4-10H,2-3,11H2,1H3,(H,19,22). The molecule has 134 valence electrons. The molecule has 0 atom stereocenters. The van der Waals surface area contributed by atoms with Crippen LogP contribution in [-0.2, 0) is 17.8 Å². The van der Waals surface area contributed by atoms with Crippen molar-refractivity contribution in [3.05, 3.63) is 68.7 Å². The van der Waals surface area contributed by atoms with Gasteiger partial charge in [0, 0.05) is 11.8 Å². The second kappa shape index (κ2) is 7.22. The van der Waals surface area contributed by atoms with Gasteiger partial charge in [-0.3, -0.25) is 19.5 Å². The molecule has 8 nitrogen and oxygen atoms in total. The predicted octanol–water partition coefficient (Wildman–Crippen LogP) is 3.09. The van der Waals surface area contributed by atoms with Crippen LogP contribution in [0.5, 0.6) is 0 Å². The minimum atomic E-state index is -0.742. The molecule has 3 rings (SSSR count). The molecule has 1 N–H and O–H groups in total. The van der Waals surface area contributed by atoms with Crippen molar-refractivity contribution >= 4 is 28.4 Å². The number of nitro groups is 1. The number of benzene rings is 2. The number of oxazole rings is 1. The Morgan fingerprint density at radius 3 is 2.62 bits per heavy atom. The fourth-order valence-electron chi connectivity index (χ4n) is 2.71. The van der Waals surface area contributed by atoms with Crippen molar-refractivity contribution in [1.29, 1.82) is 0 Å². The first-order valence-corrected chi connectivity index (χ1v) is 8.14. The summed E-state index contributed by atoms with van der Waals surface area (Å²) >= 11 is 0. The van der Waals surface area contributed by atoms with Crippen LogP contribution in [0.4, 0.5) is 11.4 Å². The maximum atomic E-state index is 12.2. The molecule has 3 aromatic rings. The highest BCUT2D eigenvalue weighted by Gasteiger charge is 2.16. The number of anilines is 1. The molecule has 1 amide bonds. The van der Waals surface area contributed by atoms with E-state index in [1.165, 1.54) is 17.7 Å². The number of nitrogens with zero attached hydrogens (tertiary/aromatic N) is 2. The van der Waals surface area contributed by atoms with Gasteiger partial charge in [0.15, 0.2) is 5.58 Å². The Hall–Kier alpha value is -3.42. The molecule has 0 radical (unpaired) electrons. The normalized spacial score (nSPS) is 10.8. The third-order valence-electron chi connectivity index (χ3n) is 3.94. The van der Waals surface area contributed by atoms with E-state index in [4.69, 9.17) is 4.42 Å². The van der Waals surface area contributed by atoms with Crippen LogP contribution in [0.3, 0.4) is 0 Å². The van der Waals surface area contributed by atoms with Crippen LogP contribution in [0.25, 0.3) is 11.1 Å². The second-order valence-corrected chi connectivity index (χ2v) is 5.86. The van der Waals surface area contributed by atoms with Gasteiger partial charge in [-0.05, 0) is 30.2 Å². The molecule has 2 aromatic carbocycles. The third-order valence-corrected chi connectivity index (χ3v) is 3.94. The van der Waals surface area contributed by atoms with E-state index in [-0.39, 0.29) is 17.8 Å². The van der Waals surface area contributed by atoms with E-state index < -0.39 is 16.6 Å². The summed E-state index contributed by atoms with van der Waals surface area (Å²) in [6, 6.07) is 11.3. The van der Waals surface area contributed by atoms with Crippen molar-refractivity contribution < 1.29 is 14.1 Å². The minimum Gasteiger partial charge on any atom is -0.407 e. The molecule has 1 heterocycles. The highest BCUT2D eigenvalue weighted by Crippen LogP contribution is 2.20. The molecule has 0 aliphatic carbocycles. The van der Waals surface area contributed by atoms with Gasteiger partial charge in [-0.25, -0.2) is 4.79 Å². The zero-order valence-electron chi connectivity index (χ0n) is 14.1. The van der Waals surface area contributed by atoms with Crippen molar-refractivity contribution in [2.45, 2.75) is 26.3 Å². The Bertz CT molecular complexity index is 1020. The van der Waals surface area contributed by atoms with Crippen LogP contribution in [-0.4, -0.2) is 15.4 Å². The first-order valence-electron chi connectivity index (χ1n) is 8.14. The number of hydrogen-bond donors (Lipinski definition) is 1. The lowest BCUT2D eigenvalue weighted by Crippen LogP contribution is -2.24. The summed E-state index contributed by atoms with van der Waals surface area (Å²) in [5.41, 5.74) is 2.03. The highest BCUT2D eigenvalue weighted by molar-refractivity contribution is 5.91. The number of aryl methyl sites for hydroxylation is 1. The summed E-state index contributed by atoms with van der Waals surface area (Å²) < 4.78 is 6.15. The van der Waals surface area contributed by atoms with E-state index in [1.807, 2.05) is 24.3 Å². The smallest absolute Gasteiger partial charge is 0.407 e. The first kappa shape index (κ1) is 17.4. The number of aromatic nitrogens is 1. The number of carbonyl (C=O) groups excluding carboxylic acids is 1. The number of hydrogen-bond acceptors (Lipinski definition) is 5. The van der Waals surface area contributed by atoms with Crippen molar-refractivity contribution in [2.24, 2.45) is 0 Å². The lowest BCUT2D eigenvalue weighted by atomic mass is 10.1. The van der Waals surface area contributed by atoms with Gasteiger partial charge in [0.1, 0.15) is 6.54 Å². The highest BCUT2D eigenvalue weighted by atomic mass is 16.6. The summed E-state index contributed by atoms with van der Waals surface area (Å²) in [5.74, 6) is -1.13. The van der Waals surface area contributed by atoms with E-state index in [1.54, 1.807) is 0 Å². The number of rotatable bonds is 6. The number of carbonyl (C=O) groups is 1. The van der Waals surface area contributed by atoms with E-state index in [0.29, 0.717) is 11.2 Å². The molecule has 0 bridgehead atoms. The zero-order chi connectivity index (χ0) is 18.7. The van der Waals surface area contributed by atoms with Gasteiger partial charge < -0.3 is 9.73 Å². The summed E-state index contributed by atoms with van der Waals surface area (Å²) in [5, 5.41) is 13.5. The van der Waals surface area contributed by atoms with Gasteiger partial charge in [0.2, 0.25) is 5.91 Å². The van der Waals surface area contributed by atoms with Crippen molar-refractivity contribution in [2.75, 3.05) is 5.32 Å². The Balaban J connectivity index is 1.77. The minimum absolute atomic E-state index is 0.0703. The number of fused-ring (bicyclic) bond motifs is 1. The summed E-state index contributed by atoms with van der Waals surface area (Å²) in [4.78, 5) is 34.4. The van der Waals surface area contributed by atoms with Gasteiger partial charge >= 0.3 is 5.76 Å². The predicted molar refractivity (Wildman–Crippen MR) is 96.2 cm³/mol. The molecule has 0 fully saturated rings. The van der Waals surface area contributed by atoms with Gasteiger partial charge in [0.25, 0.3) is 5.69 Å². The molecular formula is C18H17N3O5.